The van der Waals surface area contributed by atoms with Gasteiger partial charge in [0, 0.05) is 6.07 Å². The molecule has 122 valence electrons. The Hall–Kier alpha value is -3.17. The molecule has 0 spiro atoms. The molecule has 0 aliphatic carbocycles. The van der Waals surface area contributed by atoms with E-state index in [0.717, 1.165) is 0 Å². The van der Waals surface area contributed by atoms with E-state index in [1.807, 2.05) is 60.7 Å². The number of benzene rings is 3. The molecule has 4 aromatic rings. The monoisotopic (exact) mass is 328 g/mol. The SMILES string of the molecule is O=c1cc(C(O)(c2ccccc2)c2ccccc2)oc2ccccc12. The molecule has 0 saturated carbocycles. The van der Waals surface area contributed by atoms with Crippen molar-refractivity contribution < 1.29 is 9.52 Å². The molecule has 0 bridgehead atoms. The molecule has 0 atom stereocenters. The van der Waals surface area contributed by atoms with Crippen LogP contribution >= 0.6 is 0 Å². The Balaban J connectivity index is 2.04. The summed E-state index contributed by atoms with van der Waals surface area (Å²) in [5, 5.41) is 12.2. The highest BCUT2D eigenvalue weighted by atomic mass is 16.4. The molecule has 0 aliphatic rings. The number of fused-ring (bicyclic) bond motifs is 1. The maximum absolute atomic E-state index is 12.5. The number of aliphatic hydroxyl groups is 1. The van der Waals surface area contributed by atoms with Crippen LogP contribution in [-0.4, -0.2) is 5.11 Å². The minimum Gasteiger partial charge on any atom is -0.457 e. The van der Waals surface area contributed by atoms with Crippen molar-refractivity contribution in [2.45, 2.75) is 5.60 Å². The van der Waals surface area contributed by atoms with Crippen LogP contribution in [0.4, 0.5) is 0 Å². The number of rotatable bonds is 3. The molecule has 0 fully saturated rings. The lowest BCUT2D eigenvalue weighted by Gasteiger charge is -2.28. The van der Waals surface area contributed by atoms with E-state index in [9.17, 15) is 9.90 Å². The molecule has 0 saturated heterocycles. The van der Waals surface area contributed by atoms with Crippen LogP contribution < -0.4 is 5.43 Å². The predicted molar refractivity (Wildman–Crippen MR) is 97.5 cm³/mol. The molecule has 3 aromatic carbocycles. The molecule has 0 amide bonds. The molecule has 0 radical (unpaired) electrons. The smallest absolute Gasteiger partial charge is 0.193 e. The Morgan fingerprint density at radius 2 is 1.24 bits per heavy atom. The Morgan fingerprint density at radius 1 is 0.720 bits per heavy atom. The number of hydrogen-bond donors (Lipinski definition) is 1. The van der Waals surface area contributed by atoms with Gasteiger partial charge >= 0.3 is 0 Å². The zero-order valence-electron chi connectivity index (χ0n) is 13.4. The highest BCUT2D eigenvalue weighted by Crippen LogP contribution is 2.36. The summed E-state index contributed by atoms with van der Waals surface area (Å²) in [6, 6.07) is 26.9. The molecule has 1 aromatic heterocycles. The van der Waals surface area contributed by atoms with E-state index >= 15 is 0 Å². The minimum atomic E-state index is -1.55. The molecule has 3 heteroatoms. The minimum absolute atomic E-state index is 0.179. The van der Waals surface area contributed by atoms with Gasteiger partial charge in [0.25, 0.3) is 0 Å². The van der Waals surface area contributed by atoms with Crippen molar-refractivity contribution in [1.29, 1.82) is 0 Å². The fourth-order valence-corrected chi connectivity index (χ4v) is 3.09. The van der Waals surface area contributed by atoms with Crippen molar-refractivity contribution in [3.63, 3.8) is 0 Å². The topological polar surface area (TPSA) is 50.4 Å². The van der Waals surface area contributed by atoms with Crippen molar-refractivity contribution in [1.82, 2.24) is 0 Å². The zero-order valence-corrected chi connectivity index (χ0v) is 13.4. The van der Waals surface area contributed by atoms with Gasteiger partial charge in [0.15, 0.2) is 11.0 Å². The van der Waals surface area contributed by atoms with Crippen LogP contribution in [0, 0.1) is 0 Å². The van der Waals surface area contributed by atoms with Crippen LogP contribution in [-0.2, 0) is 5.60 Å². The third kappa shape index (κ3) is 2.55. The van der Waals surface area contributed by atoms with Gasteiger partial charge in [-0.25, -0.2) is 0 Å². The van der Waals surface area contributed by atoms with E-state index in [1.165, 1.54) is 6.07 Å². The predicted octanol–water partition coefficient (Wildman–Crippen LogP) is 4.08. The van der Waals surface area contributed by atoms with Gasteiger partial charge < -0.3 is 9.52 Å². The third-order valence-corrected chi connectivity index (χ3v) is 4.37. The van der Waals surface area contributed by atoms with E-state index in [2.05, 4.69) is 0 Å². The number of hydrogen-bond acceptors (Lipinski definition) is 3. The van der Waals surface area contributed by atoms with E-state index < -0.39 is 5.60 Å². The summed E-state index contributed by atoms with van der Waals surface area (Å²) in [5.74, 6) is 0.202. The first-order valence-electron chi connectivity index (χ1n) is 8.06. The normalized spacial score (nSPS) is 11.6. The van der Waals surface area contributed by atoms with Crippen molar-refractivity contribution in [2.75, 3.05) is 0 Å². The van der Waals surface area contributed by atoms with E-state index in [0.29, 0.717) is 22.1 Å². The van der Waals surface area contributed by atoms with Gasteiger partial charge in [0.1, 0.15) is 11.3 Å². The maximum Gasteiger partial charge on any atom is 0.193 e. The molecule has 1 N–H and O–H groups in total. The van der Waals surface area contributed by atoms with Crippen LogP contribution in [0.1, 0.15) is 16.9 Å². The molecule has 4 rings (SSSR count). The fourth-order valence-electron chi connectivity index (χ4n) is 3.09. The first-order chi connectivity index (χ1) is 12.2. The molecule has 1 heterocycles. The average Bonchev–Trinajstić information content (AvgIpc) is 2.68. The largest absolute Gasteiger partial charge is 0.457 e. The third-order valence-electron chi connectivity index (χ3n) is 4.37. The quantitative estimate of drug-likeness (QED) is 0.616. The second-order valence-corrected chi connectivity index (χ2v) is 5.91. The van der Waals surface area contributed by atoms with Gasteiger partial charge in [-0.2, -0.15) is 0 Å². The van der Waals surface area contributed by atoms with Crippen LogP contribution in [0.2, 0.25) is 0 Å². The Labute approximate surface area is 144 Å². The lowest BCUT2D eigenvalue weighted by Crippen LogP contribution is -2.30. The van der Waals surface area contributed by atoms with Gasteiger partial charge in [-0.15, -0.1) is 0 Å². The molecular weight excluding hydrogens is 312 g/mol. The molecule has 3 nitrogen and oxygen atoms in total. The number of para-hydroxylation sites is 1. The summed E-state index contributed by atoms with van der Waals surface area (Å²) in [6.07, 6.45) is 0. The zero-order chi connectivity index (χ0) is 17.3. The lowest BCUT2D eigenvalue weighted by atomic mass is 9.84. The second kappa shape index (κ2) is 6.04. The first kappa shape index (κ1) is 15.4. The summed E-state index contributed by atoms with van der Waals surface area (Å²) in [4.78, 5) is 12.5. The van der Waals surface area contributed by atoms with Gasteiger partial charge in [-0.1, -0.05) is 72.8 Å². The van der Waals surface area contributed by atoms with Crippen LogP contribution in [0.25, 0.3) is 11.0 Å². The van der Waals surface area contributed by atoms with Crippen molar-refractivity contribution in [3.05, 3.63) is 118 Å². The molecule has 25 heavy (non-hydrogen) atoms. The molecular formula is C22H16O3. The Kier molecular flexibility index (Phi) is 3.71. The summed E-state index contributed by atoms with van der Waals surface area (Å²) < 4.78 is 5.97. The molecule has 0 aliphatic heterocycles. The highest BCUT2D eigenvalue weighted by molar-refractivity contribution is 5.76. The summed E-state index contributed by atoms with van der Waals surface area (Å²) in [5.41, 5.74) is 0.00260. The summed E-state index contributed by atoms with van der Waals surface area (Å²) >= 11 is 0. The van der Waals surface area contributed by atoms with Crippen molar-refractivity contribution in [3.8, 4) is 0 Å². The van der Waals surface area contributed by atoms with Crippen molar-refractivity contribution >= 4 is 11.0 Å². The van der Waals surface area contributed by atoms with Gasteiger partial charge in [-0.3, -0.25) is 4.79 Å². The highest BCUT2D eigenvalue weighted by Gasteiger charge is 2.37. The standard InChI is InChI=1S/C22H16O3/c23-19-15-21(25-20-14-8-7-13-18(19)20)22(24,16-9-3-1-4-10-16)17-11-5-2-6-12-17/h1-15,24H. The summed E-state index contributed by atoms with van der Waals surface area (Å²) in [6.45, 7) is 0. The average molecular weight is 328 g/mol. The lowest BCUT2D eigenvalue weighted by molar-refractivity contribution is 0.0995. The van der Waals surface area contributed by atoms with Crippen LogP contribution in [0.5, 0.6) is 0 Å². The van der Waals surface area contributed by atoms with E-state index in [1.54, 1.807) is 24.3 Å². The summed E-state index contributed by atoms with van der Waals surface area (Å²) in [7, 11) is 0. The van der Waals surface area contributed by atoms with Crippen molar-refractivity contribution in [2.24, 2.45) is 0 Å². The van der Waals surface area contributed by atoms with Gasteiger partial charge in [0.05, 0.1) is 5.39 Å². The second-order valence-electron chi connectivity index (χ2n) is 5.91. The van der Waals surface area contributed by atoms with Gasteiger partial charge in [-0.05, 0) is 23.3 Å². The van der Waals surface area contributed by atoms with Gasteiger partial charge in [0.2, 0.25) is 0 Å². The van der Waals surface area contributed by atoms with E-state index in [-0.39, 0.29) is 11.2 Å². The Morgan fingerprint density at radius 3 is 1.84 bits per heavy atom. The fraction of sp³-hybridized carbons (Fsp3) is 0.0455. The van der Waals surface area contributed by atoms with E-state index in [4.69, 9.17) is 4.42 Å². The first-order valence-corrected chi connectivity index (χ1v) is 8.06. The Bertz CT molecular complexity index is 1030. The van der Waals surface area contributed by atoms with Crippen LogP contribution in [0.15, 0.2) is 100 Å². The van der Waals surface area contributed by atoms with Crippen LogP contribution in [0.3, 0.4) is 0 Å². The maximum atomic E-state index is 12.5. The molecule has 0 unspecified atom stereocenters.